The topological polar surface area (TPSA) is 87.7 Å². The summed E-state index contributed by atoms with van der Waals surface area (Å²) in [6.07, 6.45) is 1.35. The maximum Gasteiger partial charge on any atom is 0.408 e. The Morgan fingerprint density at radius 1 is 1.14 bits per heavy atom. The molecule has 0 rings (SSSR count). The van der Waals surface area contributed by atoms with Gasteiger partial charge in [-0.3, -0.25) is 9.59 Å². The van der Waals surface area contributed by atoms with Crippen LogP contribution in [0, 0.1) is 0 Å². The first kappa shape index (κ1) is 20.2. The fraction of sp³-hybridized carbons (Fsp3) is 0.800. The van der Waals surface area contributed by atoms with E-state index >= 15 is 0 Å². The second-order valence-corrected chi connectivity index (χ2v) is 6.41. The van der Waals surface area contributed by atoms with Gasteiger partial charge in [-0.2, -0.15) is 0 Å². The number of likely N-dealkylation sites (N-methyl/N-ethyl adjacent to an activating group) is 1. The van der Waals surface area contributed by atoms with E-state index in [1.807, 2.05) is 0 Å². The van der Waals surface area contributed by atoms with Crippen molar-refractivity contribution >= 4 is 17.9 Å². The molecule has 0 aliphatic heterocycles. The molecule has 0 bridgehead atoms. The highest BCUT2D eigenvalue weighted by Crippen LogP contribution is 2.09. The zero-order valence-electron chi connectivity index (χ0n) is 14.5. The summed E-state index contributed by atoms with van der Waals surface area (Å²) in [5, 5.41) is 5.31. The van der Waals surface area contributed by atoms with Gasteiger partial charge in [-0.15, -0.1) is 0 Å². The van der Waals surface area contributed by atoms with Crippen molar-refractivity contribution in [3.05, 3.63) is 0 Å². The summed E-state index contributed by atoms with van der Waals surface area (Å²) < 4.78 is 5.18. The van der Waals surface area contributed by atoms with E-state index < -0.39 is 17.7 Å². The van der Waals surface area contributed by atoms with Crippen LogP contribution in [0.25, 0.3) is 0 Å². The lowest BCUT2D eigenvalue weighted by molar-refractivity contribution is -0.131. The summed E-state index contributed by atoms with van der Waals surface area (Å²) in [4.78, 5) is 36.1. The van der Waals surface area contributed by atoms with Crippen LogP contribution in [-0.2, 0) is 14.3 Å². The van der Waals surface area contributed by atoms with Gasteiger partial charge in [0.05, 0.1) is 0 Å². The fourth-order valence-electron chi connectivity index (χ4n) is 1.76. The van der Waals surface area contributed by atoms with Gasteiger partial charge in [0.2, 0.25) is 11.8 Å². The van der Waals surface area contributed by atoms with Crippen molar-refractivity contribution < 1.29 is 19.1 Å². The third-order valence-electron chi connectivity index (χ3n) is 2.72. The molecule has 128 valence electrons. The van der Waals surface area contributed by atoms with E-state index in [0.29, 0.717) is 19.4 Å². The molecule has 0 radical (unpaired) electrons. The highest BCUT2D eigenvalue weighted by Gasteiger charge is 2.24. The van der Waals surface area contributed by atoms with Gasteiger partial charge in [-0.1, -0.05) is 0 Å². The molecule has 2 N–H and O–H groups in total. The summed E-state index contributed by atoms with van der Waals surface area (Å²) in [6, 6.07) is -0.623. The number of hydrogen-bond donors (Lipinski definition) is 2. The van der Waals surface area contributed by atoms with Gasteiger partial charge in [0.15, 0.2) is 0 Å². The van der Waals surface area contributed by atoms with Crippen molar-refractivity contribution in [2.75, 3.05) is 20.6 Å². The third kappa shape index (κ3) is 10.0. The molecule has 0 aromatic heterocycles. The number of ether oxygens (including phenoxy) is 1. The van der Waals surface area contributed by atoms with E-state index in [1.165, 1.54) is 11.8 Å². The molecule has 0 aromatic rings. The molecule has 0 unspecified atom stereocenters. The van der Waals surface area contributed by atoms with Gasteiger partial charge in [0.25, 0.3) is 0 Å². The van der Waals surface area contributed by atoms with Crippen LogP contribution >= 0.6 is 0 Å². The first-order valence-corrected chi connectivity index (χ1v) is 7.48. The number of nitrogens with one attached hydrogen (secondary N) is 2. The van der Waals surface area contributed by atoms with Crippen molar-refractivity contribution in [3.63, 3.8) is 0 Å². The number of carbonyl (C=O) groups is 3. The predicted octanol–water partition coefficient (Wildman–Crippen LogP) is 1.27. The number of carbonyl (C=O) groups excluding carboxylic acids is 3. The average Bonchev–Trinajstić information content (AvgIpc) is 2.33. The second kappa shape index (κ2) is 9.27. The molecule has 3 amide bonds. The number of nitrogens with zero attached hydrogens (tertiary/aromatic N) is 1. The molecular weight excluding hydrogens is 286 g/mol. The quantitative estimate of drug-likeness (QED) is 0.693. The summed E-state index contributed by atoms with van der Waals surface area (Å²) >= 11 is 0. The Balaban J connectivity index is 4.42. The van der Waals surface area contributed by atoms with E-state index in [2.05, 4.69) is 10.6 Å². The minimum Gasteiger partial charge on any atom is -0.444 e. The van der Waals surface area contributed by atoms with E-state index in [-0.39, 0.29) is 11.8 Å². The molecule has 0 saturated heterocycles. The highest BCUT2D eigenvalue weighted by atomic mass is 16.6. The van der Waals surface area contributed by atoms with Gasteiger partial charge in [-0.25, -0.2) is 4.79 Å². The maximum absolute atomic E-state index is 12.1. The van der Waals surface area contributed by atoms with Gasteiger partial charge < -0.3 is 20.3 Å². The van der Waals surface area contributed by atoms with Crippen LogP contribution in [0.1, 0.15) is 47.0 Å². The first-order valence-electron chi connectivity index (χ1n) is 7.48. The lowest BCUT2D eigenvalue weighted by Crippen LogP contribution is -2.47. The lowest BCUT2D eigenvalue weighted by atomic mass is 10.1. The lowest BCUT2D eigenvalue weighted by Gasteiger charge is -2.25. The zero-order chi connectivity index (χ0) is 17.3. The summed E-state index contributed by atoms with van der Waals surface area (Å²) in [6.45, 7) is 7.32. The fourth-order valence-corrected chi connectivity index (χ4v) is 1.76. The molecule has 0 aromatic carbocycles. The van der Waals surface area contributed by atoms with Crippen molar-refractivity contribution in [2.24, 2.45) is 0 Å². The van der Waals surface area contributed by atoms with Crippen molar-refractivity contribution in [3.8, 4) is 0 Å². The van der Waals surface area contributed by atoms with Gasteiger partial charge in [0, 0.05) is 27.6 Å². The van der Waals surface area contributed by atoms with Crippen LogP contribution < -0.4 is 10.6 Å². The third-order valence-corrected chi connectivity index (χ3v) is 2.72. The summed E-state index contributed by atoms with van der Waals surface area (Å²) in [5.74, 6) is -0.252. The molecule has 0 aliphatic carbocycles. The summed E-state index contributed by atoms with van der Waals surface area (Å²) in [7, 11) is 3.28. The Kier molecular flexibility index (Phi) is 8.52. The molecule has 0 fully saturated rings. The Hall–Kier alpha value is -1.79. The molecule has 0 spiro atoms. The average molecular weight is 315 g/mol. The van der Waals surface area contributed by atoms with Crippen molar-refractivity contribution in [1.29, 1.82) is 0 Å². The molecule has 7 nitrogen and oxygen atoms in total. The van der Waals surface area contributed by atoms with Crippen LogP contribution in [0.3, 0.4) is 0 Å². The SMILES string of the molecule is CC(=O)NCCCC[C@H](NC(=O)OC(C)(C)C)C(=O)N(C)C. The number of amides is 3. The van der Waals surface area contributed by atoms with Crippen molar-refractivity contribution in [2.45, 2.75) is 58.6 Å². The van der Waals surface area contributed by atoms with Gasteiger partial charge >= 0.3 is 6.09 Å². The first-order chi connectivity index (χ1) is 10.0. The van der Waals surface area contributed by atoms with Gasteiger partial charge in [-0.05, 0) is 40.0 Å². The van der Waals surface area contributed by atoms with Crippen LogP contribution in [0.15, 0.2) is 0 Å². The van der Waals surface area contributed by atoms with E-state index in [4.69, 9.17) is 4.74 Å². The molecule has 0 heterocycles. The Morgan fingerprint density at radius 3 is 2.18 bits per heavy atom. The largest absolute Gasteiger partial charge is 0.444 e. The Morgan fingerprint density at radius 2 is 1.73 bits per heavy atom. The summed E-state index contributed by atoms with van der Waals surface area (Å²) in [5.41, 5.74) is -0.610. The second-order valence-electron chi connectivity index (χ2n) is 6.41. The Labute approximate surface area is 132 Å². The highest BCUT2D eigenvalue weighted by molar-refractivity contribution is 5.85. The van der Waals surface area contributed by atoms with E-state index in [9.17, 15) is 14.4 Å². The van der Waals surface area contributed by atoms with Crippen LogP contribution in [0.2, 0.25) is 0 Å². The monoisotopic (exact) mass is 315 g/mol. The number of alkyl carbamates (subject to hydrolysis) is 1. The van der Waals surface area contributed by atoms with Gasteiger partial charge in [0.1, 0.15) is 11.6 Å². The van der Waals surface area contributed by atoms with Crippen molar-refractivity contribution in [1.82, 2.24) is 15.5 Å². The standard InChI is InChI=1S/C15H29N3O4/c1-11(19)16-10-8-7-9-12(13(20)18(5)6)17-14(21)22-15(2,3)4/h12H,7-10H2,1-6H3,(H,16,19)(H,17,21)/t12-/m0/s1. The van der Waals surface area contributed by atoms with Crippen LogP contribution in [0.5, 0.6) is 0 Å². The number of hydrogen-bond acceptors (Lipinski definition) is 4. The molecule has 0 saturated carbocycles. The minimum atomic E-state index is -0.623. The molecule has 0 aliphatic rings. The minimum absolute atomic E-state index is 0.0761. The zero-order valence-corrected chi connectivity index (χ0v) is 14.5. The normalized spacial score (nSPS) is 12.3. The molecular formula is C15H29N3O4. The Bertz CT molecular complexity index is 389. The van der Waals surface area contributed by atoms with E-state index in [1.54, 1.807) is 34.9 Å². The van der Waals surface area contributed by atoms with Crippen LogP contribution in [0.4, 0.5) is 4.79 Å². The smallest absolute Gasteiger partial charge is 0.408 e. The molecule has 1 atom stereocenters. The van der Waals surface area contributed by atoms with E-state index in [0.717, 1.165) is 6.42 Å². The van der Waals surface area contributed by atoms with Crippen LogP contribution in [-0.4, -0.2) is 55.1 Å². The predicted molar refractivity (Wildman–Crippen MR) is 84.4 cm³/mol. The molecule has 22 heavy (non-hydrogen) atoms. The maximum atomic E-state index is 12.1. The number of unbranched alkanes of at least 4 members (excludes halogenated alkanes) is 1. The molecule has 7 heteroatoms. The number of rotatable bonds is 7.